The molecule has 0 fully saturated rings. The van der Waals surface area contributed by atoms with Gasteiger partial charge in [0.2, 0.25) is 0 Å². The minimum atomic E-state index is 0.555. The summed E-state index contributed by atoms with van der Waals surface area (Å²) in [5.41, 5.74) is 3.93. The molecule has 1 aromatic rings. The van der Waals surface area contributed by atoms with Crippen molar-refractivity contribution >= 4 is 11.4 Å². The number of nitrogens with zero attached hydrogens (tertiary/aromatic N) is 2. The molecule has 1 radical (unpaired) electrons. The molecular formula is C15H23N2. The van der Waals surface area contributed by atoms with Gasteiger partial charge < -0.3 is 9.80 Å². The van der Waals surface area contributed by atoms with Crippen LogP contribution in [0.5, 0.6) is 0 Å². The van der Waals surface area contributed by atoms with Crippen LogP contribution >= 0.6 is 0 Å². The van der Waals surface area contributed by atoms with Crippen molar-refractivity contribution in [2.75, 3.05) is 22.9 Å². The molecular weight excluding hydrogens is 208 g/mol. The number of hydrogen-bond donors (Lipinski definition) is 0. The Morgan fingerprint density at radius 2 is 1.53 bits per heavy atom. The van der Waals surface area contributed by atoms with E-state index in [4.69, 9.17) is 0 Å². The van der Waals surface area contributed by atoms with Crippen LogP contribution in [-0.4, -0.2) is 25.2 Å². The highest BCUT2D eigenvalue weighted by Crippen LogP contribution is 2.35. The van der Waals surface area contributed by atoms with Crippen molar-refractivity contribution in [3.05, 3.63) is 23.8 Å². The molecule has 0 unspecified atom stereocenters. The zero-order valence-corrected chi connectivity index (χ0v) is 11.6. The van der Waals surface area contributed by atoms with E-state index in [1.54, 1.807) is 0 Å². The van der Waals surface area contributed by atoms with Gasteiger partial charge in [-0.1, -0.05) is 0 Å². The summed E-state index contributed by atoms with van der Waals surface area (Å²) < 4.78 is 0. The average molecular weight is 231 g/mol. The molecule has 0 bridgehead atoms. The van der Waals surface area contributed by atoms with E-state index in [1.165, 1.54) is 16.9 Å². The van der Waals surface area contributed by atoms with Crippen LogP contribution in [0, 0.1) is 13.0 Å². The summed E-state index contributed by atoms with van der Waals surface area (Å²) in [5, 5.41) is 0. The monoisotopic (exact) mass is 231 g/mol. The lowest BCUT2D eigenvalue weighted by molar-refractivity contribution is 0.602. The quantitative estimate of drug-likeness (QED) is 0.771. The molecule has 93 valence electrons. The number of aryl methyl sites for hydroxylation is 1. The van der Waals surface area contributed by atoms with Gasteiger partial charge in [0.15, 0.2) is 0 Å². The first-order valence-electron chi connectivity index (χ1n) is 6.56. The molecule has 0 N–H and O–H groups in total. The van der Waals surface area contributed by atoms with Crippen LogP contribution in [0.15, 0.2) is 12.1 Å². The zero-order valence-electron chi connectivity index (χ0n) is 11.6. The second-order valence-electron chi connectivity index (χ2n) is 5.46. The highest BCUT2D eigenvalue weighted by molar-refractivity contribution is 5.74. The largest absolute Gasteiger partial charge is 0.366 e. The summed E-state index contributed by atoms with van der Waals surface area (Å²) >= 11 is 0. The summed E-state index contributed by atoms with van der Waals surface area (Å²) in [7, 11) is 0. The Balaban J connectivity index is 2.46. The molecule has 1 aromatic carbocycles. The van der Waals surface area contributed by atoms with E-state index in [-0.39, 0.29) is 0 Å². The smallest absolute Gasteiger partial charge is 0.0613 e. The van der Waals surface area contributed by atoms with E-state index in [2.05, 4.69) is 62.6 Å². The number of anilines is 2. The maximum absolute atomic E-state index is 3.34. The van der Waals surface area contributed by atoms with Gasteiger partial charge >= 0.3 is 0 Å². The Morgan fingerprint density at radius 3 is 2.06 bits per heavy atom. The molecule has 0 amide bonds. The number of rotatable bonds is 2. The number of hydrogen-bond acceptors (Lipinski definition) is 2. The summed E-state index contributed by atoms with van der Waals surface area (Å²) in [5.74, 6) is 0. The molecule has 2 heteroatoms. The molecule has 0 aliphatic carbocycles. The van der Waals surface area contributed by atoms with Crippen LogP contribution in [0.4, 0.5) is 11.4 Å². The fraction of sp³-hybridized carbons (Fsp3) is 0.600. The van der Waals surface area contributed by atoms with Crippen LogP contribution in [0.2, 0.25) is 0 Å². The molecule has 0 saturated heterocycles. The first kappa shape index (κ1) is 12.3. The van der Waals surface area contributed by atoms with Gasteiger partial charge in [0.05, 0.1) is 11.4 Å². The molecule has 0 saturated carbocycles. The predicted molar refractivity (Wildman–Crippen MR) is 75.0 cm³/mol. The van der Waals surface area contributed by atoms with Gasteiger partial charge in [0.1, 0.15) is 0 Å². The first-order chi connectivity index (χ1) is 8.00. The van der Waals surface area contributed by atoms with Gasteiger partial charge in [-0.3, -0.25) is 0 Å². The fourth-order valence-electron chi connectivity index (χ4n) is 2.57. The molecule has 2 rings (SSSR count). The minimum absolute atomic E-state index is 0.555. The van der Waals surface area contributed by atoms with Gasteiger partial charge in [-0.25, -0.2) is 0 Å². The molecule has 0 aromatic heterocycles. The summed E-state index contributed by atoms with van der Waals surface area (Å²) in [6, 6.07) is 8.87. The minimum Gasteiger partial charge on any atom is -0.366 e. The lowest BCUT2D eigenvalue weighted by Crippen LogP contribution is -2.46. The van der Waals surface area contributed by atoms with Crippen molar-refractivity contribution in [1.29, 1.82) is 0 Å². The van der Waals surface area contributed by atoms with E-state index in [1.807, 2.05) is 0 Å². The topological polar surface area (TPSA) is 6.48 Å². The lowest BCUT2D eigenvalue weighted by Gasteiger charge is -2.43. The Hall–Kier alpha value is -1.18. The van der Waals surface area contributed by atoms with Gasteiger partial charge in [0.25, 0.3) is 0 Å². The summed E-state index contributed by atoms with van der Waals surface area (Å²) in [6.07, 6.45) is 0. The van der Waals surface area contributed by atoms with Crippen molar-refractivity contribution in [1.82, 2.24) is 0 Å². The molecule has 1 aliphatic heterocycles. The third-order valence-corrected chi connectivity index (χ3v) is 3.50. The average Bonchev–Trinajstić information content (AvgIpc) is 2.26. The van der Waals surface area contributed by atoms with Crippen molar-refractivity contribution in [2.24, 2.45) is 0 Å². The normalized spacial score (nSPS) is 15.7. The van der Waals surface area contributed by atoms with Crippen LogP contribution in [0.25, 0.3) is 0 Å². The number of fused-ring (bicyclic) bond motifs is 1. The molecule has 1 heterocycles. The maximum Gasteiger partial charge on any atom is 0.0613 e. The summed E-state index contributed by atoms with van der Waals surface area (Å²) in [6.45, 7) is 13.4. The standard InChI is InChI=1S/C15H23N2/c1-11(2)16-8-9-17(12(3)4)15-10-13(5)6-7-14(15)16/h7,10-12H,8-9H2,1-5H3. The van der Waals surface area contributed by atoms with Crippen LogP contribution < -0.4 is 9.80 Å². The second-order valence-corrected chi connectivity index (χ2v) is 5.46. The fourth-order valence-corrected chi connectivity index (χ4v) is 2.57. The maximum atomic E-state index is 3.34. The van der Waals surface area contributed by atoms with Gasteiger partial charge in [0, 0.05) is 25.2 Å². The Morgan fingerprint density at radius 1 is 1.00 bits per heavy atom. The number of benzene rings is 1. The Bertz CT molecular complexity index is 396. The van der Waals surface area contributed by atoms with Crippen LogP contribution in [0.3, 0.4) is 0 Å². The lowest BCUT2D eigenvalue weighted by atomic mass is 10.1. The Labute approximate surface area is 105 Å². The van der Waals surface area contributed by atoms with Gasteiger partial charge in [-0.05, 0) is 58.4 Å². The van der Waals surface area contributed by atoms with E-state index in [9.17, 15) is 0 Å². The molecule has 0 spiro atoms. The highest BCUT2D eigenvalue weighted by Gasteiger charge is 2.25. The second kappa shape index (κ2) is 4.59. The third kappa shape index (κ3) is 2.26. The summed E-state index contributed by atoms with van der Waals surface area (Å²) in [4.78, 5) is 4.97. The molecule has 1 aliphatic rings. The van der Waals surface area contributed by atoms with Crippen LogP contribution in [-0.2, 0) is 0 Å². The first-order valence-corrected chi connectivity index (χ1v) is 6.56. The molecule has 2 nitrogen and oxygen atoms in total. The van der Waals surface area contributed by atoms with Crippen molar-refractivity contribution in [3.63, 3.8) is 0 Å². The third-order valence-electron chi connectivity index (χ3n) is 3.50. The Kier molecular flexibility index (Phi) is 3.32. The van der Waals surface area contributed by atoms with Gasteiger partial charge in [-0.2, -0.15) is 0 Å². The van der Waals surface area contributed by atoms with Crippen molar-refractivity contribution in [3.8, 4) is 0 Å². The predicted octanol–water partition coefficient (Wildman–Crippen LogP) is 3.24. The van der Waals surface area contributed by atoms with Crippen molar-refractivity contribution in [2.45, 2.75) is 46.7 Å². The van der Waals surface area contributed by atoms with E-state index >= 15 is 0 Å². The SMILES string of the molecule is Cc1[c]cc2c(c1)N(C(C)C)CCN2C(C)C. The van der Waals surface area contributed by atoms with E-state index < -0.39 is 0 Å². The zero-order chi connectivity index (χ0) is 12.6. The van der Waals surface area contributed by atoms with Crippen molar-refractivity contribution < 1.29 is 0 Å². The van der Waals surface area contributed by atoms with Gasteiger partial charge in [-0.15, -0.1) is 0 Å². The van der Waals surface area contributed by atoms with E-state index in [0.29, 0.717) is 12.1 Å². The molecule has 0 atom stereocenters. The highest BCUT2D eigenvalue weighted by atomic mass is 15.3. The van der Waals surface area contributed by atoms with E-state index in [0.717, 1.165) is 13.1 Å². The molecule has 17 heavy (non-hydrogen) atoms. The van der Waals surface area contributed by atoms with Crippen LogP contribution in [0.1, 0.15) is 33.3 Å².